The summed E-state index contributed by atoms with van der Waals surface area (Å²) in [6.07, 6.45) is 0.788. The Labute approximate surface area is 74.4 Å². The van der Waals surface area contributed by atoms with Crippen molar-refractivity contribution in [1.82, 2.24) is 4.90 Å². The molecule has 0 amide bonds. The Bertz CT molecular complexity index is 138. The van der Waals surface area contributed by atoms with Gasteiger partial charge in [0, 0.05) is 13.0 Å². The number of Topliss-reactive ketones (excluding diaryl/α,β-unsaturated/α-hetero) is 1. The molecular weight excluding hydrogens is 162 g/mol. The minimum Gasteiger partial charge on any atom is -0.298 e. The highest BCUT2D eigenvalue weighted by atomic mass is 35.5. The van der Waals surface area contributed by atoms with Gasteiger partial charge in [0.25, 0.3) is 0 Å². The van der Waals surface area contributed by atoms with E-state index in [-0.39, 0.29) is 12.4 Å². The molecule has 0 spiro atoms. The first kappa shape index (κ1) is 10.9. The second-order valence-electron chi connectivity index (χ2n) is 3.18. The number of hydrogen-bond acceptors (Lipinski definition) is 2. The highest BCUT2D eigenvalue weighted by Gasteiger charge is 2.20. The van der Waals surface area contributed by atoms with Crippen LogP contribution in [0, 0.1) is 5.92 Å². The molecule has 1 aliphatic rings. The Hall–Kier alpha value is -0.0800. The molecule has 0 aromatic heterocycles. The van der Waals surface area contributed by atoms with Gasteiger partial charge in [-0.25, -0.2) is 0 Å². The molecule has 0 N–H and O–H groups in total. The summed E-state index contributed by atoms with van der Waals surface area (Å²) in [5.74, 6) is 0.974. The van der Waals surface area contributed by atoms with Gasteiger partial charge >= 0.3 is 0 Å². The fourth-order valence-electron chi connectivity index (χ4n) is 1.51. The molecule has 0 radical (unpaired) electrons. The molecule has 0 bridgehead atoms. The number of nitrogens with zero attached hydrogens (tertiary/aromatic N) is 1. The maximum Gasteiger partial charge on any atom is 0.147 e. The zero-order chi connectivity index (χ0) is 7.56. The summed E-state index contributed by atoms with van der Waals surface area (Å²) in [7, 11) is 0. The number of rotatable bonds is 1. The van der Waals surface area contributed by atoms with Crippen molar-refractivity contribution in [2.24, 2.45) is 5.92 Å². The Morgan fingerprint density at radius 1 is 1.64 bits per heavy atom. The molecule has 0 saturated carbocycles. The van der Waals surface area contributed by atoms with E-state index in [1.54, 1.807) is 0 Å². The van der Waals surface area contributed by atoms with Gasteiger partial charge < -0.3 is 0 Å². The molecular formula is C8H16ClNO. The van der Waals surface area contributed by atoms with Crippen molar-refractivity contribution in [3.63, 3.8) is 0 Å². The molecule has 1 fully saturated rings. The molecule has 1 saturated heterocycles. The predicted molar refractivity (Wildman–Crippen MR) is 48.2 cm³/mol. The van der Waals surface area contributed by atoms with Crippen LogP contribution in [0.25, 0.3) is 0 Å². The number of hydrogen-bond donors (Lipinski definition) is 0. The zero-order valence-electron chi connectivity index (χ0n) is 7.17. The van der Waals surface area contributed by atoms with Gasteiger partial charge in [-0.05, 0) is 12.5 Å². The van der Waals surface area contributed by atoms with Crippen LogP contribution in [0.4, 0.5) is 0 Å². The maximum atomic E-state index is 11.0. The van der Waals surface area contributed by atoms with Gasteiger partial charge in [0.15, 0.2) is 0 Å². The van der Waals surface area contributed by atoms with E-state index in [1.807, 2.05) is 0 Å². The predicted octanol–water partition coefficient (Wildman–Crippen LogP) is 1.34. The van der Waals surface area contributed by atoms with Crippen LogP contribution in [-0.2, 0) is 4.79 Å². The number of carbonyl (C=O) groups excluding carboxylic acids is 1. The van der Waals surface area contributed by atoms with E-state index in [0.717, 1.165) is 19.5 Å². The second kappa shape index (κ2) is 4.73. The van der Waals surface area contributed by atoms with Gasteiger partial charge in [0.05, 0.1) is 6.54 Å². The lowest BCUT2D eigenvalue weighted by atomic mass is 9.99. The van der Waals surface area contributed by atoms with E-state index in [4.69, 9.17) is 0 Å². The van der Waals surface area contributed by atoms with E-state index in [1.165, 1.54) is 0 Å². The molecule has 11 heavy (non-hydrogen) atoms. The molecule has 2 nitrogen and oxygen atoms in total. The summed E-state index contributed by atoms with van der Waals surface area (Å²) in [5.41, 5.74) is 0. The summed E-state index contributed by atoms with van der Waals surface area (Å²) in [4.78, 5) is 13.2. The zero-order valence-corrected chi connectivity index (χ0v) is 7.99. The van der Waals surface area contributed by atoms with E-state index in [9.17, 15) is 4.79 Å². The van der Waals surface area contributed by atoms with Gasteiger partial charge in [-0.1, -0.05) is 13.8 Å². The van der Waals surface area contributed by atoms with Gasteiger partial charge in [0.1, 0.15) is 5.78 Å². The van der Waals surface area contributed by atoms with Crippen molar-refractivity contribution in [3.8, 4) is 0 Å². The molecule has 66 valence electrons. The first-order valence-electron chi connectivity index (χ1n) is 3.96. The van der Waals surface area contributed by atoms with Crippen LogP contribution in [0.15, 0.2) is 0 Å². The number of carbonyl (C=O) groups is 1. The van der Waals surface area contributed by atoms with Crippen molar-refractivity contribution < 1.29 is 4.79 Å². The molecule has 1 rings (SSSR count). The number of ketones is 1. The number of likely N-dealkylation sites (N-methyl/N-ethyl adjacent to an activating group) is 1. The Kier molecular flexibility index (Phi) is 4.69. The van der Waals surface area contributed by atoms with Crippen LogP contribution in [0.3, 0.4) is 0 Å². The van der Waals surface area contributed by atoms with E-state index < -0.39 is 0 Å². The average molecular weight is 178 g/mol. The summed E-state index contributed by atoms with van der Waals surface area (Å²) >= 11 is 0. The number of likely N-dealkylation sites (tertiary alicyclic amines) is 1. The summed E-state index contributed by atoms with van der Waals surface area (Å²) in [6.45, 7) is 7.03. The molecule has 0 aromatic rings. The van der Waals surface area contributed by atoms with E-state index in [2.05, 4.69) is 18.7 Å². The minimum atomic E-state index is 0. The van der Waals surface area contributed by atoms with Crippen LogP contribution in [0.2, 0.25) is 0 Å². The quantitative estimate of drug-likeness (QED) is 0.603. The summed E-state index contributed by atoms with van der Waals surface area (Å²) in [5, 5.41) is 0. The van der Waals surface area contributed by atoms with Crippen molar-refractivity contribution in [2.75, 3.05) is 19.6 Å². The van der Waals surface area contributed by atoms with Crippen LogP contribution in [-0.4, -0.2) is 30.3 Å². The first-order valence-corrected chi connectivity index (χ1v) is 3.96. The van der Waals surface area contributed by atoms with Crippen LogP contribution >= 0.6 is 12.4 Å². The maximum absolute atomic E-state index is 11.0. The van der Waals surface area contributed by atoms with Crippen molar-refractivity contribution in [1.29, 1.82) is 0 Å². The third kappa shape index (κ3) is 3.21. The molecule has 1 aliphatic heterocycles. The fourth-order valence-corrected chi connectivity index (χ4v) is 1.51. The number of halogens is 1. The largest absolute Gasteiger partial charge is 0.298 e. The Morgan fingerprint density at radius 2 is 2.27 bits per heavy atom. The van der Waals surface area contributed by atoms with Crippen LogP contribution < -0.4 is 0 Å². The van der Waals surface area contributed by atoms with Crippen LogP contribution in [0.1, 0.15) is 20.3 Å². The molecule has 1 heterocycles. The molecule has 0 aliphatic carbocycles. The van der Waals surface area contributed by atoms with Crippen molar-refractivity contribution >= 4 is 18.2 Å². The molecule has 1 unspecified atom stereocenters. The van der Waals surface area contributed by atoms with Gasteiger partial charge in [0.2, 0.25) is 0 Å². The molecule has 3 heteroatoms. The van der Waals surface area contributed by atoms with Gasteiger partial charge in [-0.2, -0.15) is 0 Å². The van der Waals surface area contributed by atoms with Gasteiger partial charge in [-0.15, -0.1) is 12.4 Å². The smallest absolute Gasteiger partial charge is 0.147 e. The highest BCUT2D eigenvalue weighted by molar-refractivity contribution is 5.85. The lowest BCUT2D eigenvalue weighted by molar-refractivity contribution is -0.123. The van der Waals surface area contributed by atoms with Crippen molar-refractivity contribution in [2.45, 2.75) is 20.3 Å². The van der Waals surface area contributed by atoms with E-state index >= 15 is 0 Å². The second-order valence-corrected chi connectivity index (χ2v) is 3.18. The molecule has 0 aromatic carbocycles. The standard InChI is InChI=1S/C8H15NO.ClH/c1-3-9-5-7(2)4-8(10)6-9;/h7H,3-6H2,1-2H3;1H. The fraction of sp³-hybridized carbons (Fsp3) is 0.875. The minimum absolute atomic E-state index is 0. The normalized spacial score (nSPS) is 26.4. The summed E-state index contributed by atoms with van der Waals surface area (Å²) in [6, 6.07) is 0. The first-order chi connectivity index (χ1) is 4.72. The summed E-state index contributed by atoms with van der Waals surface area (Å²) < 4.78 is 0. The molecule has 1 atom stereocenters. The van der Waals surface area contributed by atoms with Crippen LogP contribution in [0.5, 0.6) is 0 Å². The topological polar surface area (TPSA) is 20.3 Å². The average Bonchev–Trinajstić information content (AvgIpc) is 1.85. The SMILES string of the molecule is CCN1CC(=O)CC(C)C1.Cl. The Balaban J connectivity index is 0.000001000. The third-order valence-electron chi connectivity index (χ3n) is 1.99. The monoisotopic (exact) mass is 177 g/mol. The highest BCUT2D eigenvalue weighted by Crippen LogP contribution is 2.11. The lowest BCUT2D eigenvalue weighted by Crippen LogP contribution is -2.39. The van der Waals surface area contributed by atoms with Crippen molar-refractivity contribution in [3.05, 3.63) is 0 Å². The number of piperidine rings is 1. The third-order valence-corrected chi connectivity index (χ3v) is 1.99. The van der Waals surface area contributed by atoms with E-state index in [0.29, 0.717) is 18.2 Å². The lowest BCUT2D eigenvalue weighted by Gasteiger charge is -2.28. The Morgan fingerprint density at radius 3 is 2.73 bits per heavy atom. The van der Waals surface area contributed by atoms with Gasteiger partial charge in [-0.3, -0.25) is 9.69 Å².